The van der Waals surface area contributed by atoms with Gasteiger partial charge in [-0.2, -0.15) is 0 Å². The van der Waals surface area contributed by atoms with Crippen molar-refractivity contribution >= 4 is 17.9 Å². The predicted octanol–water partition coefficient (Wildman–Crippen LogP) is 22.9. The predicted molar refractivity (Wildman–Crippen MR) is 335 cm³/mol. The third-order valence-electron chi connectivity index (χ3n) is 14.7. The molecule has 0 aromatic carbocycles. The second-order valence-corrected chi connectivity index (χ2v) is 22.4. The summed E-state index contributed by atoms with van der Waals surface area (Å²) in [6.07, 6.45) is 85.3. The van der Waals surface area contributed by atoms with Crippen LogP contribution in [0.25, 0.3) is 0 Å². The van der Waals surface area contributed by atoms with E-state index in [1.165, 1.54) is 212 Å². The van der Waals surface area contributed by atoms with Crippen LogP contribution in [0.2, 0.25) is 0 Å². The molecule has 0 aromatic heterocycles. The van der Waals surface area contributed by atoms with Crippen molar-refractivity contribution in [1.82, 2.24) is 0 Å². The first-order valence-corrected chi connectivity index (χ1v) is 33.4. The van der Waals surface area contributed by atoms with Gasteiger partial charge >= 0.3 is 17.9 Å². The van der Waals surface area contributed by atoms with Gasteiger partial charge in [0.25, 0.3) is 0 Å². The summed E-state index contributed by atoms with van der Waals surface area (Å²) in [6, 6.07) is 0. The summed E-state index contributed by atoms with van der Waals surface area (Å²) >= 11 is 0. The second-order valence-electron chi connectivity index (χ2n) is 22.4. The van der Waals surface area contributed by atoms with Gasteiger partial charge in [0.2, 0.25) is 0 Å². The number of hydrogen-bond donors (Lipinski definition) is 0. The topological polar surface area (TPSA) is 78.9 Å². The minimum atomic E-state index is -0.771. The maximum absolute atomic E-state index is 12.8. The molecule has 0 aliphatic carbocycles. The van der Waals surface area contributed by atoms with Crippen molar-refractivity contribution in [3.63, 3.8) is 0 Å². The largest absolute Gasteiger partial charge is 0.462 e. The Morgan fingerprint density at radius 2 is 0.506 bits per heavy atom. The zero-order chi connectivity index (χ0) is 55.7. The molecule has 0 fully saturated rings. The van der Waals surface area contributed by atoms with Gasteiger partial charge in [-0.25, -0.2) is 0 Å². The van der Waals surface area contributed by atoms with Crippen LogP contribution >= 0.6 is 0 Å². The summed E-state index contributed by atoms with van der Waals surface area (Å²) in [4.78, 5) is 38.1. The van der Waals surface area contributed by atoms with E-state index < -0.39 is 6.10 Å². The van der Waals surface area contributed by atoms with Crippen LogP contribution in [0.3, 0.4) is 0 Å². The van der Waals surface area contributed by atoms with Crippen molar-refractivity contribution in [2.24, 2.45) is 0 Å². The third-order valence-corrected chi connectivity index (χ3v) is 14.7. The molecule has 0 saturated carbocycles. The molecule has 0 amide bonds. The lowest BCUT2D eigenvalue weighted by Gasteiger charge is -2.18. The zero-order valence-corrected chi connectivity index (χ0v) is 51.2. The molecule has 6 nitrogen and oxygen atoms in total. The molecule has 446 valence electrons. The van der Waals surface area contributed by atoms with Crippen LogP contribution in [0.4, 0.5) is 0 Å². The van der Waals surface area contributed by atoms with E-state index in [9.17, 15) is 14.4 Å². The molecule has 1 atom stereocenters. The van der Waals surface area contributed by atoms with Crippen molar-refractivity contribution in [2.75, 3.05) is 13.2 Å². The van der Waals surface area contributed by atoms with Crippen molar-refractivity contribution < 1.29 is 28.6 Å². The Kier molecular flexibility index (Phi) is 62.7. The van der Waals surface area contributed by atoms with Crippen LogP contribution < -0.4 is 0 Å². The van der Waals surface area contributed by atoms with Gasteiger partial charge in [0.1, 0.15) is 13.2 Å². The number of unbranched alkanes of at least 4 members (excludes halogenated alkanes) is 38. The van der Waals surface area contributed by atoms with E-state index in [2.05, 4.69) is 93.7 Å². The highest BCUT2D eigenvalue weighted by atomic mass is 16.6. The number of hydrogen-bond acceptors (Lipinski definition) is 6. The van der Waals surface area contributed by atoms with Gasteiger partial charge in [-0.15, -0.1) is 0 Å². The number of allylic oxidation sites excluding steroid dienone is 12. The SMILES string of the molecule is CC/C=C\C/C=C\C/C=C\C/C=C\C/C=C\CCCCCCCCCCCCCCCCCCCCCC(=O)OCC(COC(=O)CCCCCCCCC)OC(=O)CCCCCCCCC/C=C\CCCCCCCC. The molecular formula is C71H126O6. The molecule has 0 saturated heterocycles. The van der Waals surface area contributed by atoms with Gasteiger partial charge in [0, 0.05) is 19.3 Å². The summed E-state index contributed by atoms with van der Waals surface area (Å²) in [6.45, 7) is 6.51. The Morgan fingerprint density at radius 1 is 0.273 bits per heavy atom. The summed E-state index contributed by atoms with van der Waals surface area (Å²) in [5, 5.41) is 0. The van der Waals surface area contributed by atoms with Crippen molar-refractivity contribution in [2.45, 2.75) is 348 Å². The minimum Gasteiger partial charge on any atom is -0.462 e. The van der Waals surface area contributed by atoms with Gasteiger partial charge in [0.15, 0.2) is 6.10 Å². The summed E-state index contributed by atoms with van der Waals surface area (Å²) in [7, 11) is 0. The first kappa shape index (κ1) is 73.8. The first-order chi connectivity index (χ1) is 38.0. The van der Waals surface area contributed by atoms with Crippen molar-refractivity contribution in [3.05, 3.63) is 72.9 Å². The van der Waals surface area contributed by atoms with E-state index in [1.54, 1.807) is 0 Å². The number of carbonyl (C=O) groups is 3. The highest BCUT2D eigenvalue weighted by Crippen LogP contribution is 2.17. The Bertz CT molecular complexity index is 1420. The molecule has 6 heteroatoms. The molecule has 0 radical (unpaired) electrons. The van der Waals surface area contributed by atoms with E-state index >= 15 is 0 Å². The molecule has 1 unspecified atom stereocenters. The zero-order valence-electron chi connectivity index (χ0n) is 51.2. The molecule has 0 aliphatic rings. The lowest BCUT2D eigenvalue weighted by atomic mass is 10.0. The van der Waals surface area contributed by atoms with E-state index in [1.807, 2.05) is 0 Å². The highest BCUT2D eigenvalue weighted by Gasteiger charge is 2.19. The maximum atomic E-state index is 12.8. The molecule has 0 spiro atoms. The fourth-order valence-electron chi connectivity index (χ4n) is 9.70. The van der Waals surface area contributed by atoms with Crippen LogP contribution in [-0.4, -0.2) is 37.2 Å². The Labute approximate surface area is 478 Å². The summed E-state index contributed by atoms with van der Waals surface area (Å²) in [5.74, 6) is -0.865. The smallest absolute Gasteiger partial charge is 0.306 e. The Morgan fingerprint density at radius 3 is 0.805 bits per heavy atom. The number of carbonyl (C=O) groups excluding carboxylic acids is 3. The molecular weight excluding hydrogens is 949 g/mol. The molecule has 0 heterocycles. The fraction of sp³-hybridized carbons (Fsp3) is 0.789. The van der Waals surface area contributed by atoms with Gasteiger partial charge in [-0.3, -0.25) is 14.4 Å². The highest BCUT2D eigenvalue weighted by molar-refractivity contribution is 5.71. The molecule has 0 bridgehead atoms. The number of esters is 3. The first-order valence-electron chi connectivity index (χ1n) is 33.4. The van der Waals surface area contributed by atoms with E-state index in [0.29, 0.717) is 19.3 Å². The maximum Gasteiger partial charge on any atom is 0.306 e. The van der Waals surface area contributed by atoms with Gasteiger partial charge in [0.05, 0.1) is 0 Å². The van der Waals surface area contributed by atoms with Crippen molar-refractivity contribution in [3.8, 4) is 0 Å². The van der Waals surface area contributed by atoms with Gasteiger partial charge in [-0.1, -0.05) is 306 Å². The van der Waals surface area contributed by atoms with Crippen molar-refractivity contribution in [1.29, 1.82) is 0 Å². The fourth-order valence-corrected chi connectivity index (χ4v) is 9.70. The number of rotatable bonds is 61. The van der Waals surface area contributed by atoms with Crippen LogP contribution in [0.15, 0.2) is 72.9 Å². The summed E-state index contributed by atoms with van der Waals surface area (Å²) in [5.41, 5.74) is 0. The lowest BCUT2D eigenvalue weighted by molar-refractivity contribution is -0.167. The molecule has 77 heavy (non-hydrogen) atoms. The van der Waals surface area contributed by atoms with Crippen LogP contribution in [0, 0.1) is 0 Å². The Hall–Kier alpha value is -3.15. The van der Waals surface area contributed by atoms with Gasteiger partial charge < -0.3 is 14.2 Å². The molecule has 0 N–H and O–H groups in total. The van der Waals surface area contributed by atoms with E-state index in [4.69, 9.17) is 14.2 Å². The Balaban J connectivity index is 3.98. The average molecular weight is 1080 g/mol. The monoisotopic (exact) mass is 1070 g/mol. The molecule has 0 rings (SSSR count). The molecule has 0 aromatic rings. The lowest BCUT2D eigenvalue weighted by Crippen LogP contribution is -2.30. The summed E-state index contributed by atoms with van der Waals surface area (Å²) < 4.78 is 16.8. The van der Waals surface area contributed by atoms with Gasteiger partial charge in [-0.05, 0) is 89.9 Å². The van der Waals surface area contributed by atoms with Crippen LogP contribution in [0.5, 0.6) is 0 Å². The van der Waals surface area contributed by atoms with Crippen LogP contribution in [-0.2, 0) is 28.6 Å². The van der Waals surface area contributed by atoms with E-state index in [-0.39, 0.29) is 31.1 Å². The van der Waals surface area contributed by atoms with E-state index in [0.717, 1.165) is 89.9 Å². The number of ether oxygens (including phenoxy) is 3. The quantitative estimate of drug-likeness (QED) is 0.0261. The second kappa shape index (κ2) is 65.4. The standard InChI is InChI=1S/C71H126O6/c1-4-7-10-13-16-18-20-22-24-26-27-28-29-30-31-32-33-34-35-36-37-38-39-40-41-42-43-45-46-48-50-52-55-58-61-64-70(73)76-67-68(66-75-69(72)63-60-57-54-15-12-9-6-3)77-71(74)65-62-59-56-53-51-49-47-44-25-23-21-19-17-14-11-8-5-2/h7,10,16,18,22-25,27-28,30-31,68H,4-6,8-9,11-15,17,19-21,26,29,32-67H2,1-3H3/b10-7-,18-16-,24-22-,25-23-,28-27-,31-30-. The minimum absolute atomic E-state index is 0.0716. The normalized spacial score (nSPS) is 12.5. The van der Waals surface area contributed by atoms with Crippen LogP contribution in [0.1, 0.15) is 342 Å². The molecule has 0 aliphatic heterocycles. The average Bonchev–Trinajstić information content (AvgIpc) is 3.43. The third kappa shape index (κ3) is 63.6.